The van der Waals surface area contributed by atoms with Gasteiger partial charge in [-0.05, 0) is 18.8 Å². The van der Waals surface area contributed by atoms with Gasteiger partial charge in [-0.2, -0.15) is 13.1 Å². The summed E-state index contributed by atoms with van der Waals surface area (Å²) in [4.78, 5) is 0. The minimum absolute atomic E-state index is 0.211. The first-order chi connectivity index (χ1) is 6.48. The Morgan fingerprint density at radius 1 is 1.36 bits per heavy atom. The van der Waals surface area contributed by atoms with Gasteiger partial charge in [0.25, 0.3) is 10.0 Å². The second-order valence-electron chi connectivity index (χ2n) is 3.30. The molecule has 0 spiro atoms. The minimum Gasteiger partial charge on any atom is -0.206 e. The van der Waals surface area contributed by atoms with E-state index in [9.17, 15) is 17.2 Å². The van der Waals surface area contributed by atoms with Crippen LogP contribution in [0.25, 0.3) is 0 Å². The van der Waals surface area contributed by atoms with Gasteiger partial charge < -0.3 is 0 Å². The van der Waals surface area contributed by atoms with E-state index in [2.05, 4.69) is 15.9 Å². The van der Waals surface area contributed by atoms with E-state index in [0.29, 0.717) is 18.8 Å². The number of hydrogen-bond acceptors (Lipinski definition) is 2. The maximum atomic E-state index is 12.1. The van der Waals surface area contributed by atoms with E-state index in [1.54, 1.807) is 0 Å². The summed E-state index contributed by atoms with van der Waals surface area (Å²) in [5.74, 6) is -2.89. The van der Waals surface area contributed by atoms with Gasteiger partial charge in [0.15, 0.2) is 0 Å². The number of halogens is 3. The third kappa shape index (κ3) is 2.64. The summed E-state index contributed by atoms with van der Waals surface area (Å²) in [5.41, 5.74) is 0. The summed E-state index contributed by atoms with van der Waals surface area (Å²) in [5, 5.41) is 0.801. The van der Waals surface area contributed by atoms with E-state index in [4.69, 9.17) is 0 Å². The molecule has 1 aliphatic heterocycles. The predicted molar refractivity (Wildman–Crippen MR) is 53.0 cm³/mol. The SMILES string of the molecule is O=S(=O)(C(F)F)N1CCC(CBr)CC1. The van der Waals surface area contributed by atoms with Crippen LogP contribution in [0.4, 0.5) is 8.78 Å². The molecule has 0 radical (unpaired) electrons. The molecule has 1 heterocycles. The lowest BCUT2D eigenvalue weighted by Gasteiger charge is -2.29. The smallest absolute Gasteiger partial charge is 0.206 e. The lowest BCUT2D eigenvalue weighted by atomic mass is 10.0. The third-order valence-electron chi connectivity index (χ3n) is 2.38. The highest BCUT2D eigenvalue weighted by molar-refractivity contribution is 9.09. The number of rotatable bonds is 3. The van der Waals surface area contributed by atoms with Crippen molar-refractivity contribution in [2.45, 2.75) is 18.6 Å². The molecule has 14 heavy (non-hydrogen) atoms. The Hall–Kier alpha value is 0.250. The van der Waals surface area contributed by atoms with Crippen molar-refractivity contribution in [2.75, 3.05) is 18.4 Å². The van der Waals surface area contributed by atoms with Crippen LogP contribution in [0, 0.1) is 5.92 Å². The Labute approximate surface area is 90.6 Å². The van der Waals surface area contributed by atoms with E-state index in [-0.39, 0.29) is 13.1 Å². The third-order valence-corrected chi connectivity index (χ3v) is 4.83. The molecule has 0 atom stereocenters. The molecule has 0 aliphatic carbocycles. The highest BCUT2D eigenvalue weighted by Gasteiger charge is 2.34. The van der Waals surface area contributed by atoms with Gasteiger partial charge in [-0.15, -0.1) is 0 Å². The molecule has 1 fully saturated rings. The molecule has 84 valence electrons. The molecule has 0 amide bonds. The second kappa shape index (κ2) is 4.85. The Morgan fingerprint density at radius 2 is 1.86 bits per heavy atom. The van der Waals surface area contributed by atoms with Crippen LogP contribution in [0.1, 0.15) is 12.8 Å². The number of hydrogen-bond donors (Lipinski definition) is 0. The molecule has 1 saturated heterocycles. The van der Waals surface area contributed by atoms with Crippen molar-refractivity contribution in [3.63, 3.8) is 0 Å². The van der Waals surface area contributed by atoms with E-state index < -0.39 is 15.8 Å². The van der Waals surface area contributed by atoms with Gasteiger partial charge in [-0.3, -0.25) is 0 Å². The van der Waals surface area contributed by atoms with E-state index in [0.717, 1.165) is 9.64 Å². The van der Waals surface area contributed by atoms with Crippen LogP contribution in [0.5, 0.6) is 0 Å². The van der Waals surface area contributed by atoms with Gasteiger partial charge in [-0.25, -0.2) is 8.42 Å². The van der Waals surface area contributed by atoms with Gasteiger partial charge >= 0.3 is 5.76 Å². The normalized spacial score (nSPS) is 21.7. The zero-order chi connectivity index (χ0) is 10.8. The topological polar surface area (TPSA) is 37.4 Å². The molecule has 0 aromatic rings. The van der Waals surface area contributed by atoms with Crippen molar-refractivity contribution in [1.29, 1.82) is 0 Å². The van der Waals surface area contributed by atoms with Gasteiger partial charge in [-0.1, -0.05) is 15.9 Å². The van der Waals surface area contributed by atoms with Crippen LogP contribution in [0.3, 0.4) is 0 Å². The predicted octanol–water partition coefficient (Wildman–Crippen LogP) is 1.65. The Balaban J connectivity index is 2.58. The maximum Gasteiger partial charge on any atom is 0.350 e. The first kappa shape index (κ1) is 12.3. The lowest BCUT2D eigenvalue weighted by molar-refractivity contribution is 0.207. The van der Waals surface area contributed by atoms with Crippen LogP contribution in [-0.2, 0) is 10.0 Å². The minimum atomic E-state index is -4.35. The van der Waals surface area contributed by atoms with E-state index >= 15 is 0 Å². The number of piperidine rings is 1. The number of alkyl halides is 3. The van der Waals surface area contributed by atoms with Crippen molar-refractivity contribution >= 4 is 26.0 Å². The van der Waals surface area contributed by atoms with Crippen LogP contribution >= 0.6 is 15.9 Å². The molecule has 0 aromatic heterocycles. The summed E-state index contributed by atoms with van der Waals surface area (Å²) < 4.78 is 47.2. The van der Waals surface area contributed by atoms with Crippen molar-refractivity contribution in [2.24, 2.45) is 5.92 Å². The van der Waals surface area contributed by atoms with Crippen molar-refractivity contribution in [3.8, 4) is 0 Å². The fourth-order valence-electron chi connectivity index (χ4n) is 1.43. The molecule has 1 rings (SSSR count). The highest BCUT2D eigenvalue weighted by Crippen LogP contribution is 2.23. The molecule has 0 aromatic carbocycles. The Kier molecular flexibility index (Phi) is 4.27. The summed E-state index contributed by atoms with van der Waals surface area (Å²) in [6, 6.07) is 0. The molecular weight excluding hydrogens is 280 g/mol. The molecule has 0 unspecified atom stereocenters. The molecule has 7 heteroatoms. The van der Waals surface area contributed by atoms with Crippen molar-refractivity contribution in [3.05, 3.63) is 0 Å². The Morgan fingerprint density at radius 3 is 2.21 bits per heavy atom. The molecular formula is C7H12BrF2NO2S. The molecule has 3 nitrogen and oxygen atoms in total. The van der Waals surface area contributed by atoms with Gasteiger partial charge in [0.1, 0.15) is 0 Å². The molecule has 0 bridgehead atoms. The van der Waals surface area contributed by atoms with Gasteiger partial charge in [0.2, 0.25) is 0 Å². The number of sulfonamides is 1. The van der Waals surface area contributed by atoms with Crippen LogP contribution in [0.2, 0.25) is 0 Å². The monoisotopic (exact) mass is 291 g/mol. The van der Waals surface area contributed by atoms with Gasteiger partial charge in [0.05, 0.1) is 0 Å². The van der Waals surface area contributed by atoms with E-state index in [1.165, 1.54) is 0 Å². The van der Waals surface area contributed by atoms with Crippen molar-refractivity contribution in [1.82, 2.24) is 4.31 Å². The van der Waals surface area contributed by atoms with Crippen LogP contribution in [0.15, 0.2) is 0 Å². The second-order valence-corrected chi connectivity index (χ2v) is 5.85. The standard InChI is InChI=1S/C7H12BrF2NO2S/c8-5-6-1-3-11(4-2-6)14(12,13)7(9)10/h6-7H,1-5H2. The van der Waals surface area contributed by atoms with Gasteiger partial charge in [0, 0.05) is 18.4 Å². The lowest BCUT2D eigenvalue weighted by Crippen LogP contribution is -2.41. The highest BCUT2D eigenvalue weighted by atomic mass is 79.9. The molecule has 0 saturated carbocycles. The summed E-state index contributed by atoms with van der Waals surface area (Å²) in [6.07, 6.45) is 1.30. The molecule has 1 aliphatic rings. The maximum absolute atomic E-state index is 12.1. The molecule has 0 N–H and O–H groups in total. The van der Waals surface area contributed by atoms with Crippen molar-refractivity contribution < 1.29 is 17.2 Å². The van der Waals surface area contributed by atoms with E-state index in [1.807, 2.05) is 0 Å². The number of nitrogens with zero attached hydrogens (tertiary/aromatic N) is 1. The summed E-state index contributed by atoms with van der Waals surface area (Å²) in [7, 11) is -4.35. The van der Waals surface area contributed by atoms with Crippen LogP contribution in [-0.4, -0.2) is 36.9 Å². The Bertz CT molecular complexity index is 275. The zero-order valence-corrected chi connectivity index (χ0v) is 9.90. The largest absolute Gasteiger partial charge is 0.350 e. The summed E-state index contributed by atoms with van der Waals surface area (Å²) >= 11 is 3.29. The van der Waals surface area contributed by atoms with Crippen LogP contribution < -0.4 is 0 Å². The fourth-order valence-corrected chi connectivity index (χ4v) is 3.02. The fraction of sp³-hybridized carbons (Fsp3) is 1.00. The average molecular weight is 292 g/mol. The average Bonchev–Trinajstić information content (AvgIpc) is 2.17. The summed E-state index contributed by atoms with van der Waals surface area (Å²) in [6.45, 7) is 0.422. The quantitative estimate of drug-likeness (QED) is 0.742. The first-order valence-corrected chi connectivity index (χ1v) is 6.94. The zero-order valence-electron chi connectivity index (χ0n) is 7.50. The first-order valence-electron chi connectivity index (χ1n) is 4.31.